The molecule has 0 aliphatic heterocycles. The van der Waals surface area contributed by atoms with E-state index < -0.39 is 28.4 Å². The lowest BCUT2D eigenvalue weighted by Crippen LogP contribution is -2.37. The van der Waals surface area contributed by atoms with Crippen LogP contribution in [0, 0.1) is 0 Å². The first-order valence-corrected chi connectivity index (χ1v) is 11.7. The molecule has 0 aliphatic rings. The van der Waals surface area contributed by atoms with Gasteiger partial charge in [0.25, 0.3) is 0 Å². The van der Waals surface area contributed by atoms with Crippen molar-refractivity contribution in [2.75, 3.05) is 17.7 Å². The summed E-state index contributed by atoms with van der Waals surface area (Å²) in [4.78, 5) is 26.4. The predicted octanol–water partition coefficient (Wildman–Crippen LogP) is 3.98. The molecule has 3 rings (SSSR count). The smallest absolute Gasteiger partial charge is 0.415 e. The molecule has 0 fully saturated rings. The Labute approximate surface area is 187 Å². The minimum absolute atomic E-state index is 0.0245. The molecule has 0 saturated carbocycles. The van der Waals surface area contributed by atoms with Gasteiger partial charge in [0.15, 0.2) is 9.84 Å². The molecule has 0 spiro atoms. The molecule has 0 radical (unpaired) electrons. The van der Waals surface area contributed by atoms with Crippen molar-refractivity contribution in [1.29, 1.82) is 0 Å². The summed E-state index contributed by atoms with van der Waals surface area (Å²) in [5, 5.41) is 0. The van der Waals surface area contributed by atoms with Gasteiger partial charge in [0.1, 0.15) is 19.8 Å². The summed E-state index contributed by atoms with van der Waals surface area (Å²) in [6.45, 7) is -0.297. The zero-order chi connectivity index (χ0) is 23.0. The lowest BCUT2D eigenvalue weighted by Gasteiger charge is -2.21. The number of nitrogens with zero attached hydrogens (tertiary/aromatic N) is 1. The first-order chi connectivity index (χ1) is 15.3. The van der Waals surface area contributed by atoms with Crippen molar-refractivity contribution in [3.8, 4) is 0 Å². The number of benzene rings is 3. The summed E-state index contributed by atoms with van der Waals surface area (Å²) in [6.07, 6.45) is 0.340. The SMILES string of the molecule is CS(=O)(=O)c1ccc(N(CC(=O)OCc2ccccc2)C(=O)OCc2ccccc2)cc1. The van der Waals surface area contributed by atoms with Crippen molar-refractivity contribution in [3.05, 3.63) is 96.1 Å². The van der Waals surface area contributed by atoms with Gasteiger partial charge in [-0.25, -0.2) is 13.2 Å². The van der Waals surface area contributed by atoms with Crippen LogP contribution in [-0.2, 0) is 37.3 Å². The van der Waals surface area contributed by atoms with Crippen LogP contribution in [0.15, 0.2) is 89.8 Å². The lowest BCUT2D eigenvalue weighted by atomic mass is 10.2. The Bertz CT molecular complexity index is 1150. The second kappa shape index (κ2) is 10.6. The van der Waals surface area contributed by atoms with Gasteiger partial charge in [0.2, 0.25) is 0 Å². The van der Waals surface area contributed by atoms with Crippen molar-refractivity contribution in [3.63, 3.8) is 0 Å². The lowest BCUT2D eigenvalue weighted by molar-refractivity contribution is -0.143. The highest BCUT2D eigenvalue weighted by Gasteiger charge is 2.22. The van der Waals surface area contributed by atoms with E-state index in [1.807, 2.05) is 60.7 Å². The maximum Gasteiger partial charge on any atom is 0.415 e. The van der Waals surface area contributed by atoms with Crippen molar-refractivity contribution >= 4 is 27.6 Å². The van der Waals surface area contributed by atoms with Gasteiger partial charge in [0.05, 0.1) is 4.90 Å². The first-order valence-electron chi connectivity index (χ1n) is 9.81. The Balaban J connectivity index is 1.73. The second-order valence-electron chi connectivity index (χ2n) is 7.04. The fourth-order valence-electron chi connectivity index (χ4n) is 2.84. The molecule has 0 bridgehead atoms. The van der Waals surface area contributed by atoms with Crippen LogP contribution in [0.2, 0.25) is 0 Å². The minimum Gasteiger partial charge on any atom is -0.459 e. The van der Waals surface area contributed by atoms with Gasteiger partial charge in [0, 0.05) is 11.9 Å². The summed E-state index contributed by atoms with van der Waals surface area (Å²) < 4.78 is 34.1. The molecule has 0 aromatic heterocycles. The van der Waals surface area contributed by atoms with E-state index in [1.165, 1.54) is 24.3 Å². The second-order valence-corrected chi connectivity index (χ2v) is 9.05. The molecule has 0 atom stereocenters. The van der Waals surface area contributed by atoms with Gasteiger partial charge in [-0.1, -0.05) is 60.7 Å². The van der Waals surface area contributed by atoms with Gasteiger partial charge in [-0.15, -0.1) is 0 Å². The summed E-state index contributed by atoms with van der Waals surface area (Å²) in [7, 11) is -3.40. The van der Waals surface area contributed by atoms with Crippen molar-refractivity contribution in [2.45, 2.75) is 18.1 Å². The van der Waals surface area contributed by atoms with E-state index >= 15 is 0 Å². The van der Waals surface area contributed by atoms with E-state index in [-0.39, 0.29) is 18.1 Å². The highest BCUT2D eigenvalue weighted by atomic mass is 32.2. The van der Waals surface area contributed by atoms with Crippen LogP contribution in [0.1, 0.15) is 11.1 Å². The van der Waals surface area contributed by atoms with Crippen molar-refractivity contribution in [1.82, 2.24) is 0 Å². The van der Waals surface area contributed by atoms with E-state index in [2.05, 4.69) is 0 Å². The average Bonchev–Trinajstić information content (AvgIpc) is 2.80. The van der Waals surface area contributed by atoms with E-state index in [0.29, 0.717) is 5.69 Å². The Morgan fingerprint density at radius 3 is 1.75 bits per heavy atom. The number of amides is 1. The standard InChI is InChI=1S/C24H23NO6S/c1-32(28,29)22-14-12-21(13-15-22)25(24(27)31-18-20-10-6-3-7-11-20)16-23(26)30-17-19-8-4-2-5-9-19/h2-15H,16-18H2,1H3. The third kappa shape index (κ3) is 6.68. The number of hydrogen-bond acceptors (Lipinski definition) is 6. The monoisotopic (exact) mass is 453 g/mol. The summed E-state index contributed by atoms with van der Waals surface area (Å²) >= 11 is 0. The fourth-order valence-corrected chi connectivity index (χ4v) is 3.48. The topological polar surface area (TPSA) is 90.0 Å². The predicted molar refractivity (Wildman–Crippen MR) is 120 cm³/mol. The third-order valence-electron chi connectivity index (χ3n) is 4.53. The number of rotatable bonds is 8. The molecule has 1 amide bonds. The molecule has 0 N–H and O–H groups in total. The normalized spacial score (nSPS) is 10.9. The molecule has 8 heteroatoms. The largest absolute Gasteiger partial charge is 0.459 e. The maximum atomic E-state index is 12.8. The molecule has 7 nitrogen and oxygen atoms in total. The van der Waals surface area contributed by atoms with E-state index in [9.17, 15) is 18.0 Å². The zero-order valence-electron chi connectivity index (χ0n) is 17.5. The van der Waals surface area contributed by atoms with Crippen LogP contribution in [0.3, 0.4) is 0 Å². The van der Waals surface area contributed by atoms with E-state index in [4.69, 9.17) is 9.47 Å². The van der Waals surface area contributed by atoms with E-state index in [0.717, 1.165) is 22.3 Å². The van der Waals surface area contributed by atoms with Crippen molar-refractivity contribution < 1.29 is 27.5 Å². The summed E-state index contributed by atoms with van der Waals surface area (Å²) in [6, 6.07) is 23.9. The van der Waals surface area contributed by atoms with E-state index in [1.54, 1.807) is 0 Å². The number of sulfone groups is 1. The number of esters is 1. The number of carbonyl (C=O) groups excluding carboxylic acids is 2. The molecule has 166 valence electrons. The minimum atomic E-state index is -3.40. The molecular formula is C24H23NO6S. The number of anilines is 1. The van der Waals surface area contributed by atoms with Crippen LogP contribution in [0.4, 0.5) is 10.5 Å². The zero-order valence-corrected chi connectivity index (χ0v) is 18.3. The molecule has 0 unspecified atom stereocenters. The number of carbonyl (C=O) groups is 2. The van der Waals surface area contributed by atoms with Crippen LogP contribution < -0.4 is 4.90 Å². The number of ether oxygens (including phenoxy) is 2. The molecule has 32 heavy (non-hydrogen) atoms. The number of hydrogen-bond donors (Lipinski definition) is 0. The average molecular weight is 454 g/mol. The molecule has 0 heterocycles. The summed E-state index contributed by atoms with van der Waals surface area (Å²) in [5.41, 5.74) is 1.92. The molecule has 0 saturated heterocycles. The highest BCUT2D eigenvalue weighted by Crippen LogP contribution is 2.20. The first kappa shape index (κ1) is 23.0. The van der Waals surface area contributed by atoms with Crippen LogP contribution in [-0.4, -0.2) is 33.3 Å². The molecule has 3 aromatic carbocycles. The van der Waals surface area contributed by atoms with Gasteiger partial charge in [-0.3, -0.25) is 9.69 Å². The Kier molecular flexibility index (Phi) is 7.62. The van der Waals surface area contributed by atoms with Gasteiger partial charge < -0.3 is 9.47 Å². The Morgan fingerprint density at radius 1 is 0.750 bits per heavy atom. The molecule has 0 aliphatic carbocycles. The van der Waals surface area contributed by atoms with Gasteiger partial charge >= 0.3 is 12.1 Å². The quantitative estimate of drug-likeness (QED) is 0.479. The third-order valence-corrected chi connectivity index (χ3v) is 5.66. The fraction of sp³-hybridized carbons (Fsp3) is 0.167. The Morgan fingerprint density at radius 2 is 1.25 bits per heavy atom. The van der Waals surface area contributed by atoms with Gasteiger partial charge in [-0.2, -0.15) is 0 Å². The highest BCUT2D eigenvalue weighted by molar-refractivity contribution is 7.90. The molecule has 3 aromatic rings. The Hall–Kier alpha value is -3.65. The van der Waals surface area contributed by atoms with Crippen molar-refractivity contribution in [2.24, 2.45) is 0 Å². The maximum absolute atomic E-state index is 12.8. The van der Waals surface area contributed by atoms with Gasteiger partial charge in [-0.05, 0) is 35.4 Å². The van der Waals surface area contributed by atoms with Crippen LogP contribution in [0.5, 0.6) is 0 Å². The molecular weight excluding hydrogens is 430 g/mol. The van der Waals surface area contributed by atoms with Crippen LogP contribution in [0.25, 0.3) is 0 Å². The van der Waals surface area contributed by atoms with Crippen LogP contribution >= 0.6 is 0 Å². The summed E-state index contributed by atoms with van der Waals surface area (Å²) in [5.74, 6) is -0.627.